The Hall–Kier alpha value is -0.760. The van der Waals surface area contributed by atoms with Crippen molar-refractivity contribution in [3.8, 4) is 5.75 Å². The molecular formula is C9H10ClFO. The molecule has 0 saturated heterocycles. The van der Waals surface area contributed by atoms with Crippen LogP contribution in [0.1, 0.15) is 12.5 Å². The van der Waals surface area contributed by atoms with Gasteiger partial charge in [-0.05, 0) is 25.5 Å². The molecule has 1 aromatic carbocycles. The van der Waals surface area contributed by atoms with Crippen molar-refractivity contribution in [2.45, 2.75) is 13.8 Å². The fourth-order valence-corrected chi connectivity index (χ4v) is 1.10. The molecule has 0 fully saturated rings. The molecule has 0 atom stereocenters. The number of rotatable bonds is 2. The van der Waals surface area contributed by atoms with E-state index in [1.807, 2.05) is 0 Å². The second-order valence-corrected chi connectivity index (χ2v) is 2.85. The maximum atomic E-state index is 13.2. The van der Waals surface area contributed by atoms with Gasteiger partial charge in [0.25, 0.3) is 0 Å². The topological polar surface area (TPSA) is 9.23 Å². The highest BCUT2D eigenvalue weighted by molar-refractivity contribution is 6.30. The minimum absolute atomic E-state index is 0.101. The van der Waals surface area contributed by atoms with Gasteiger partial charge in [-0.1, -0.05) is 17.7 Å². The molecule has 0 aliphatic rings. The second kappa shape index (κ2) is 3.76. The number of ether oxygens (including phenoxy) is 1. The van der Waals surface area contributed by atoms with Crippen LogP contribution in [0.5, 0.6) is 5.75 Å². The number of benzene rings is 1. The zero-order valence-electron chi connectivity index (χ0n) is 7.03. The largest absolute Gasteiger partial charge is 0.490 e. The Balaban J connectivity index is 3.14. The summed E-state index contributed by atoms with van der Waals surface area (Å²) in [7, 11) is 0. The lowest BCUT2D eigenvalue weighted by molar-refractivity contribution is 0.319. The average molecular weight is 189 g/mol. The van der Waals surface area contributed by atoms with Crippen molar-refractivity contribution in [3.63, 3.8) is 0 Å². The predicted molar refractivity (Wildman–Crippen MR) is 47.3 cm³/mol. The quantitative estimate of drug-likeness (QED) is 0.693. The second-order valence-electron chi connectivity index (χ2n) is 2.44. The fourth-order valence-electron chi connectivity index (χ4n) is 0.950. The summed E-state index contributed by atoms with van der Waals surface area (Å²) in [6.07, 6.45) is 0. The minimum atomic E-state index is -0.474. The summed E-state index contributed by atoms with van der Waals surface area (Å²) < 4.78 is 18.3. The monoisotopic (exact) mass is 188 g/mol. The van der Waals surface area contributed by atoms with Crippen molar-refractivity contribution in [3.05, 3.63) is 28.5 Å². The third-order valence-electron chi connectivity index (χ3n) is 1.54. The molecule has 12 heavy (non-hydrogen) atoms. The molecule has 1 aromatic rings. The molecule has 0 N–H and O–H groups in total. The average Bonchev–Trinajstić information content (AvgIpc) is 2.06. The molecule has 0 spiro atoms. The smallest absolute Gasteiger partial charge is 0.183 e. The van der Waals surface area contributed by atoms with E-state index in [1.165, 1.54) is 6.07 Å². The van der Waals surface area contributed by atoms with Gasteiger partial charge in [-0.15, -0.1) is 0 Å². The molecule has 0 saturated carbocycles. The maximum Gasteiger partial charge on any atom is 0.183 e. The number of hydrogen-bond acceptors (Lipinski definition) is 1. The Morgan fingerprint density at radius 3 is 2.75 bits per heavy atom. The third kappa shape index (κ3) is 1.69. The van der Waals surface area contributed by atoms with Crippen LogP contribution in [0.4, 0.5) is 4.39 Å². The standard InChI is InChI=1S/C9H10ClFO/c1-3-12-9-6(2)4-5-7(10)8(9)11/h4-5H,3H2,1-2H3. The van der Waals surface area contributed by atoms with Gasteiger partial charge in [-0.3, -0.25) is 0 Å². The number of halogens is 2. The summed E-state index contributed by atoms with van der Waals surface area (Å²) in [6.45, 7) is 4.03. The van der Waals surface area contributed by atoms with Gasteiger partial charge in [0.05, 0.1) is 11.6 Å². The summed E-state index contributed by atoms with van der Waals surface area (Å²) in [6, 6.07) is 3.26. The van der Waals surface area contributed by atoms with E-state index in [-0.39, 0.29) is 10.8 Å². The van der Waals surface area contributed by atoms with E-state index >= 15 is 0 Å². The molecule has 0 radical (unpaired) electrons. The van der Waals surface area contributed by atoms with Crippen molar-refractivity contribution < 1.29 is 9.13 Å². The van der Waals surface area contributed by atoms with Gasteiger partial charge in [0, 0.05) is 0 Å². The molecule has 0 aromatic heterocycles. The van der Waals surface area contributed by atoms with Crippen LogP contribution >= 0.6 is 11.6 Å². The van der Waals surface area contributed by atoms with Crippen LogP contribution in [0, 0.1) is 12.7 Å². The van der Waals surface area contributed by atoms with E-state index in [9.17, 15) is 4.39 Å². The van der Waals surface area contributed by atoms with Crippen LogP contribution in [0.3, 0.4) is 0 Å². The van der Waals surface area contributed by atoms with E-state index in [4.69, 9.17) is 16.3 Å². The maximum absolute atomic E-state index is 13.2. The van der Waals surface area contributed by atoms with E-state index < -0.39 is 5.82 Å². The number of aryl methyl sites for hydroxylation is 1. The van der Waals surface area contributed by atoms with E-state index in [0.717, 1.165) is 5.56 Å². The highest BCUT2D eigenvalue weighted by Crippen LogP contribution is 2.27. The van der Waals surface area contributed by atoms with Gasteiger partial charge in [0.2, 0.25) is 0 Å². The van der Waals surface area contributed by atoms with Crippen LogP contribution in [-0.2, 0) is 0 Å². The molecular weight excluding hydrogens is 179 g/mol. The first-order valence-corrected chi connectivity index (χ1v) is 4.12. The molecule has 0 amide bonds. The van der Waals surface area contributed by atoms with Gasteiger partial charge in [0.1, 0.15) is 0 Å². The minimum Gasteiger partial charge on any atom is -0.490 e. The summed E-state index contributed by atoms with van der Waals surface area (Å²) in [5.41, 5.74) is 0.763. The van der Waals surface area contributed by atoms with Gasteiger partial charge in [0.15, 0.2) is 11.6 Å². The van der Waals surface area contributed by atoms with Gasteiger partial charge < -0.3 is 4.74 Å². The molecule has 1 rings (SSSR count). The molecule has 0 bridgehead atoms. The van der Waals surface area contributed by atoms with Crippen molar-refractivity contribution in [2.75, 3.05) is 6.61 Å². The van der Waals surface area contributed by atoms with E-state index in [2.05, 4.69) is 0 Å². The van der Waals surface area contributed by atoms with E-state index in [0.29, 0.717) is 6.61 Å². The molecule has 0 heterocycles. The Morgan fingerprint density at radius 2 is 2.17 bits per heavy atom. The lowest BCUT2D eigenvalue weighted by atomic mass is 10.2. The highest BCUT2D eigenvalue weighted by Gasteiger charge is 2.09. The molecule has 0 aliphatic heterocycles. The van der Waals surface area contributed by atoms with Crippen LogP contribution in [0.2, 0.25) is 5.02 Å². The molecule has 1 nitrogen and oxygen atoms in total. The van der Waals surface area contributed by atoms with Gasteiger partial charge in [-0.25, -0.2) is 4.39 Å². The van der Waals surface area contributed by atoms with Crippen molar-refractivity contribution in [2.24, 2.45) is 0 Å². The van der Waals surface area contributed by atoms with Crippen LogP contribution in [-0.4, -0.2) is 6.61 Å². The van der Waals surface area contributed by atoms with Gasteiger partial charge >= 0.3 is 0 Å². The fraction of sp³-hybridized carbons (Fsp3) is 0.333. The number of hydrogen-bond donors (Lipinski definition) is 0. The lowest BCUT2D eigenvalue weighted by Gasteiger charge is -2.08. The van der Waals surface area contributed by atoms with Crippen molar-refractivity contribution >= 4 is 11.6 Å². The molecule has 0 aliphatic carbocycles. The van der Waals surface area contributed by atoms with Crippen LogP contribution in [0.25, 0.3) is 0 Å². The first kappa shape index (κ1) is 9.33. The Morgan fingerprint density at radius 1 is 1.50 bits per heavy atom. The molecule has 66 valence electrons. The first-order valence-electron chi connectivity index (χ1n) is 3.74. The summed E-state index contributed by atoms with van der Waals surface area (Å²) >= 11 is 5.57. The van der Waals surface area contributed by atoms with Crippen LogP contribution < -0.4 is 4.74 Å². The summed E-state index contributed by atoms with van der Waals surface area (Å²) in [5, 5.41) is 0.101. The third-order valence-corrected chi connectivity index (χ3v) is 1.83. The van der Waals surface area contributed by atoms with Crippen molar-refractivity contribution in [1.29, 1.82) is 0 Å². The first-order chi connectivity index (χ1) is 5.66. The lowest BCUT2D eigenvalue weighted by Crippen LogP contribution is -1.97. The summed E-state index contributed by atoms with van der Waals surface area (Å²) in [5.74, 6) is -0.219. The van der Waals surface area contributed by atoms with Crippen LogP contribution in [0.15, 0.2) is 12.1 Å². The normalized spacial score (nSPS) is 10.0. The Labute approximate surface area is 76.1 Å². The molecule has 3 heteroatoms. The Bertz CT molecular complexity index is 286. The van der Waals surface area contributed by atoms with Gasteiger partial charge in [-0.2, -0.15) is 0 Å². The molecule has 0 unspecified atom stereocenters. The highest BCUT2D eigenvalue weighted by atomic mass is 35.5. The van der Waals surface area contributed by atoms with E-state index in [1.54, 1.807) is 19.9 Å². The SMILES string of the molecule is CCOc1c(C)ccc(Cl)c1F. The predicted octanol–water partition coefficient (Wildman–Crippen LogP) is 3.19. The zero-order chi connectivity index (χ0) is 9.14. The zero-order valence-corrected chi connectivity index (χ0v) is 7.78. The van der Waals surface area contributed by atoms with Crippen molar-refractivity contribution in [1.82, 2.24) is 0 Å². The Kier molecular flexibility index (Phi) is 2.93. The summed E-state index contributed by atoms with van der Waals surface area (Å²) in [4.78, 5) is 0.